The third-order valence-corrected chi connectivity index (χ3v) is 3.83. The third-order valence-electron chi connectivity index (χ3n) is 3.83. The number of aliphatic hydroxyl groups is 1. The van der Waals surface area contributed by atoms with E-state index in [1.807, 2.05) is 13.0 Å². The molecular weight excluding hydrogens is 214 g/mol. The van der Waals surface area contributed by atoms with Crippen molar-refractivity contribution in [3.05, 3.63) is 34.2 Å². The number of aryl methyl sites for hydroxylation is 1. The molecule has 1 aromatic heterocycles. The summed E-state index contributed by atoms with van der Waals surface area (Å²) in [6.45, 7) is 2.35. The van der Waals surface area contributed by atoms with Crippen LogP contribution in [0.1, 0.15) is 37.8 Å². The molecule has 0 amide bonds. The average Bonchev–Trinajstić information content (AvgIpc) is 2.35. The SMILES string of the molecule is Cc1cccc(=O)n1CC(O)C1CCCCC1. The van der Waals surface area contributed by atoms with E-state index < -0.39 is 0 Å². The quantitative estimate of drug-likeness (QED) is 0.871. The molecular formula is C14H21NO2. The van der Waals surface area contributed by atoms with Crippen LogP contribution in [-0.2, 0) is 6.54 Å². The Labute approximate surface area is 102 Å². The second kappa shape index (κ2) is 5.50. The first-order chi connectivity index (χ1) is 8.18. The van der Waals surface area contributed by atoms with Crippen LogP contribution in [0.25, 0.3) is 0 Å². The minimum atomic E-state index is -0.380. The van der Waals surface area contributed by atoms with Crippen LogP contribution in [0.4, 0.5) is 0 Å². The van der Waals surface area contributed by atoms with Crippen molar-refractivity contribution in [1.82, 2.24) is 4.57 Å². The zero-order valence-electron chi connectivity index (χ0n) is 10.4. The van der Waals surface area contributed by atoms with Gasteiger partial charge in [-0.05, 0) is 31.7 Å². The van der Waals surface area contributed by atoms with E-state index in [4.69, 9.17) is 0 Å². The Kier molecular flexibility index (Phi) is 4.00. The maximum atomic E-state index is 11.7. The lowest BCUT2D eigenvalue weighted by atomic mass is 9.85. The second-order valence-electron chi connectivity index (χ2n) is 5.08. The van der Waals surface area contributed by atoms with Crippen LogP contribution >= 0.6 is 0 Å². The number of pyridine rings is 1. The minimum absolute atomic E-state index is 0.0140. The highest BCUT2D eigenvalue weighted by atomic mass is 16.3. The van der Waals surface area contributed by atoms with Gasteiger partial charge < -0.3 is 9.67 Å². The van der Waals surface area contributed by atoms with Gasteiger partial charge in [0.05, 0.1) is 12.6 Å². The van der Waals surface area contributed by atoms with Crippen molar-refractivity contribution < 1.29 is 5.11 Å². The summed E-state index contributed by atoms with van der Waals surface area (Å²) in [6, 6.07) is 5.23. The van der Waals surface area contributed by atoms with Crippen LogP contribution in [0.2, 0.25) is 0 Å². The molecule has 0 saturated heterocycles. The summed E-state index contributed by atoms with van der Waals surface area (Å²) in [7, 11) is 0. The molecule has 1 aliphatic carbocycles. The Morgan fingerprint density at radius 3 is 2.71 bits per heavy atom. The van der Waals surface area contributed by atoms with Gasteiger partial charge in [0.15, 0.2) is 0 Å². The van der Waals surface area contributed by atoms with Crippen LogP contribution in [-0.4, -0.2) is 15.8 Å². The van der Waals surface area contributed by atoms with E-state index >= 15 is 0 Å². The highest BCUT2D eigenvalue weighted by Crippen LogP contribution is 2.27. The topological polar surface area (TPSA) is 42.2 Å². The standard InChI is InChI=1S/C14H21NO2/c1-11-6-5-9-14(17)15(11)10-13(16)12-7-3-2-4-8-12/h5-6,9,12-13,16H,2-4,7-8,10H2,1H3. The molecule has 17 heavy (non-hydrogen) atoms. The Morgan fingerprint density at radius 2 is 2.06 bits per heavy atom. The summed E-state index contributed by atoms with van der Waals surface area (Å²) in [6.07, 6.45) is 5.53. The van der Waals surface area contributed by atoms with Crippen molar-refractivity contribution in [2.24, 2.45) is 5.92 Å². The first-order valence-corrected chi connectivity index (χ1v) is 6.53. The molecule has 1 fully saturated rings. The van der Waals surface area contributed by atoms with E-state index in [1.54, 1.807) is 16.7 Å². The van der Waals surface area contributed by atoms with Gasteiger partial charge in [0, 0.05) is 11.8 Å². The van der Waals surface area contributed by atoms with Gasteiger partial charge in [-0.15, -0.1) is 0 Å². The molecule has 0 bridgehead atoms. The van der Waals surface area contributed by atoms with Gasteiger partial charge in [-0.25, -0.2) is 0 Å². The van der Waals surface area contributed by atoms with Crippen LogP contribution in [0.3, 0.4) is 0 Å². The van der Waals surface area contributed by atoms with Gasteiger partial charge in [-0.2, -0.15) is 0 Å². The van der Waals surface area contributed by atoms with Crippen molar-refractivity contribution in [1.29, 1.82) is 0 Å². The zero-order chi connectivity index (χ0) is 12.3. The molecule has 2 rings (SSSR count). The number of nitrogens with zero attached hydrogens (tertiary/aromatic N) is 1. The average molecular weight is 235 g/mol. The number of aliphatic hydroxyl groups excluding tert-OH is 1. The Morgan fingerprint density at radius 1 is 1.35 bits per heavy atom. The van der Waals surface area contributed by atoms with Gasteiger partial charge in [0.1, 0.15) is 0 Å². The molecule has 1 aromatic rings. The predicted octanol–water partition coefficient (Wildman–Crippen LogP) is 2.10. The summed E-state index contributed by atoms with van der Waals surface area (Å²) in [4.78, 5) is 11.7. The fraction of sp³-hybridized carbons (Fsp3) is 0.643. The van der Waals surface area contributed by atoms with Gasteiger partial charge in [0.25, 0.3) is 5.56 Å². The summed E-state index contributed by atoms with van der Waals surface area (Å²) in [5, 5.41) is 10.2. The maximum Gasteiger partial charge on any atom is 0.250 e. The van der Waals surface area contributed by atoms with Crippen LogP contribution in [0, 0.1) is 12.8 Å². The largest absolute Gasteiger partial charge is 0.391 e. The number of hydrogen-bond donors (Lipinski definition) is 1. The highest BCUT2D eigenvalue weighted by Gasteiger charge is 2.22. The normalized spacial score (nSPS) is 19.2. The molecule has 1 heterocycles. The molecule has 1 saturated carbocycles. The molecule has 0 aliphatic heterocycles. The maximum absolute atomic E-state index is 11.7. The molecule has 1 unspecified atom stereocenters. The molecule has 1 N–H and O–H groups in total. The summed E-state index contributed by atoms with van der Waals surface area (Å²) in [5.41, 5.74) is 0.909. The Hall–Kier alpha value is -1.09. The zero-order valence-corrected chi connectivity index (χ0v) is 10.4. The van der Waals surface area contributed by atoms with Gasteiger partial charge in [-0.3, -0.25) is 4.79 Å². The Balaban J connectivity index is 2.07. The lowest BCUT2D eigenvalue weighted by Crippen LogP contribution is -2.33. The molecule has 3 nitrogen and oxygen atoms in total. The van der Waals surface area contributed by atoms with Crippen molar-refractivity contribution in [2.45, 2.75) is 51.7 Å². The van der Waals surface area contributed by atoms with Gasteiger partial charge in [-0.1, -0.05) is 25.3 Å². The van der Waals surface area contributed by atoms with Crippen molar-refractivity contribution in [3.8, 4) is 0 Å². The van der Waals surface area contributed by atoms with E-state index in [1.165, 1.54) is 19.3 Å². The smallest absolute Gasteiger partial charge is 0.250 e. The third kappa shape index (κ3) is 2.97. The highest BCUT2D eigenvalue weighted by molar-refractivity contribution is 5.04. The lowest BCUT2D eigenvalue weighted by molar-refractivity contribution is 0.0682. The van der Waals surface area contributed by atoms with Crippen LogP contribution < -0.4 is 5.56 Å². The van der Waals surface area contributed by atoms with E-state index in [9.17, 15) is 9.90 Å². The lowest BCUT2D eigenvalue weighted by Gasteiger charge is -2.27. The van der Waals surface area contributed by atoms with Crippen LogP contribution in [0.5, 0.6) is 0 Å². The monoisotopic (exact) mass is 235 g/mol. The number of hydrogen-bond acceptors (Lipinski definition) is 2. The van der Waals surface area contributed by atoms with E-state index in [2.05, 4.69) is 0 Å². The predicted molar refractivity (Wildman–Crippen MR) is 68.0 cm³/mol. The van der Waals surface area contributed by atoms with Crippen LogP contribution in [0.15, 0.2) is 23.0 Å². The fourth-order valence-electron chi connectivity index (χ4n) is 2.71. The first kappa shape index (κ1) is 12.4. The van der Waals surface area contributed by atoms with Crippen molar-refractivity contribution >= 4 is 0 Å². The molecule has 94 valence electrons. The summed E-state index contributed by atoms with van der Waals surface area (Å²) < 4.78 is 1.68. The van der Waals surface area contributed by atoms with E-state index in [0.29, 0.717) is 12.5 Å². The number of rotatable bonds is 3. The molecule has 1 atom stereocenters. The first-order valence-electron chi connectivity index (χ1n) is 6.53. The number of aromatic nitrogens is 1. The minimum Gasteiger partial charge on any atom is -0.391 e. The van der Waals surface area contributed by atoms with E-state index in [-0.39, 0.29) is 11.7 Å². The summed E-state index contributed by atoms with van der Waals surface area (Å²) in [5.74, 6) is 0.371. The van der Waals surface area contributed by atoms with E-state index in [0.717, 1.165) is 18.5 Å². The molecule has 1 aliphatic rings. The van der Waals surface area contributed by atoms with Crippen molar-refractivity contribution in [2.75, 3.05) is 0 Å². The molecule has 0 aromatic carbocycles. The molecule has 3 heteroatoms. The summed E-state index contributed by atoms with van der Waals surface area (Å²) >= 11 is 0. The second-order valence-corrected chi connectivity index (χ2v) is 5.08. The molecule has 0 spiro atoms. The van der Waals surface area contributed by atoms with Crippen molar-refractivity contribution in [3.63, 3.8) is 0 Å². The van der Waals surface area contributed by atoms with Gasteiger partial charge >= 0.3 is 0 Å². The fourth-order valence-corrected chi connectivity index (χ4v) is 2.71. The Bertz CT molecular complexity index is 418. The molecule has 0 radical (unpaired) electrons. The van der Waals surface area contributed by atoms with Gasteiger partial charge in [0.2, 0.25) is 0 Å².